The lowest BCUT2D eigenvalue weighted by Crippen LogP contribution is -2.04. The lowest BCUT2D eigenvalue weighted by molar-refractivity contribution is 0.694. The fourth-order valence-corrected chi connectivity index (χ4v) is 4.01. The van der Waals surface area contributed by atoms with Gasteiger partial charge in [0.1, 0.15) is 5.52 Å². The normalized spacial score (nSPS) is 11.5. The van der Waals surface area contributed by atoms with Crippen molar-refractivity contribution in [3.05, 3.63) is 90.3 Å². The average Bonchev–Trinajstić information content (AvgIpc) is 3.52. The summed E-state index contributed by atoms with van der Waals surface area (Å²) in [5.41, 5.74) is 8.29. The molecule has 0 radical (unpaired) electrons. The van der Waals surface area contributed by atoms with Crippen molar-refractivity contribution in [2.75, 3.05) is 0 Å². The maximum absolute atomic E-state index is 4.56. The van der Waals surface area contributed by atoms with Gasteiger partial charge >= 0.3 is 0 Å². The van der Waals surface area contributed by atoms with Crippen molar-refractivity contribution in [3.8, 4) is 16.9 Å². The number of fused-ring (bicyclic) bond motifs is 2. The Hall–Kier alpha value is -4.26. The first-order valence-corrected chi connectivity index (χ1v) is 10.1. The molecule has 0 unspecified atom stereocenters. The molecule has 0 saturated heterocycles. The minimum Gasteiger partial charge on any atom is -0.278 e. The number of rotatable bonds is 4. The van der Waals surface area contributed by atoms with E-state index in [-0.39, 0.29) is 0 Å². The molecule has 0 aliphatic heterocycles. The highest BCUT2D eigenvalue weighted by Gasteiger charge is 2.12. The lowest BCUT2D eigenvalue weighted by atomic mass is 10.1. The van der Waals surface area contributed by atoms with Gasteiger partial charge in [0.2, 0.25) is 0 Å². The Morgan fingerprint density at radius 2 is 1.94 bits per heavy atom. The second-order valence-corrected chi connectivity index (χ2v) is 7.71. The van der Waals surface area contributed by atoms with Gasteiger partial charge in [-0.3, -0.25) is 9.78 Å². The monoisotopic (exact) mass is 405 g/mol. The molecule has 0 aliphatic carbocycles. The zero-order chi connectivity index (χ0) is 20.8. The largest absolute Gasteiger partial charge is 0.278 e. The Balaban J connectivity index is 1.42. The van der Waals surface area contributed by atoms with Gasteiger partial charge in [0.05, 0.1) is 35.2 Å². The van der Waals surface area contributed by atoms with Crippen LogP contribution < -0.4 is 0 Å². The fourth-order valence-electron chi connectivity index (χ4n) is 4.01. The maximum Gasteiger partial charge on any atom is 0.113 e. The van der Waals surface area contributed by atoms with Crippen LogP contribution in [-0.4, -0.2) is 35.0 Å². The summed E-state index contributed by atoms with van der Waals surface area (Å²) in [6.45, 7) is 2.83. The molecule has 6 rings (SSSR count). The van der Waals surface area contributed by atoms with Gasteiger partial charge in [0.25, 0.3) is 0 Å². The number of aryl methyl sites for hydroxylation is 1. The molecule has 3 aromatic heterocycles. The van der Waals surface area contributed by atoms with Crippen molar-refractivity contribution in [1.82, 2.24) is 35.0 Å². The number of hydrogen-bond acceptors (Lipinski definition) is 4. The van der Waals surface area contributed by atoms with Gasteiger partial charge in [-0.2, -0.15) is 10.2 Å². The van der Waals surface area contributed by atoms with E-state index in [1.807, 2.05) is 52.1 Å². The average molecular weight is 405 g/mol. The van der Waals surface area contributed by atoms with Crippen LogP contribution in [0.2, 0.25) is 0 Å². The molecular weight excluding hydrogens is 386 g/mol. The number of nitrogens with zero attached hydrogens (tertiary/aromatic N) is 6. The molecule has 1 N–H and O–H groups in total. The SMILES string of the molecule is Cc1cccc(Cn2nccc2-c2ccc3nnn(-c4ccc5cn[nH]c5c4)c3c2)c1. The molecule has 31 heavy (non-hydrogen) atoms. The van der Waals surface area contributed by atoms with E-state index in [2.05, 4.69) is 68.9 Å². The van der Waals surface area contributed by atoms with Gasteiger partial charge in [0, 0.05) is 17.1 Å². The summed E-state index contributed by atoms with van der Waals surface area (Å²) < 4.78 is 3.89. The van der Waals surface area contributed by atoms with E-state index in [4.69, 9.17) is 0 Å². The predicted molar refractivity (Wildman–Crippen MR) is 120 cm³/mol. The molecule has 0 aliphatic rings. The molecule has 0 bridgehead atoms. The van der Waals surface area contributed by atoms with E-state index in [0.29, 0.717) is 0 Å². The second kappa shape index (κ2) is 6.91. The maximum atomic E-state index is 4.56. The first kappa shape index (κ1) is 17.6. The van der Waals surface area contributed by atoms with Crippen molar-refractivity contribution in [3.63, 3.8) is 0 Å². The molecular formula is C24H19N7. The highest BCUT2D eigenvalue weighted by atomic mass is 15.4. The summed E-state index contributed by atoms with van der Waals surface area (Å²) >= 11 is 0. The van der Waals surface area contributed by atoms with Gasteiger partial charge in [0.15, 0.2) is 0 Å². The molecule has 3 heterocycles. The first-order valence-electron chi connectivity index (χ1n) is 10.1. The Morgan fingerprint density at radius 1 is 0.968 bits per heavy atom. The zero-order valence-electron chi connectivity index (χ0n) is 16.9. The van der Waals surface area contributed by atoms with Crippen molar-refractivity contribution in [2.45, 2.75) is 13.5 Å². The minimum absolute atomic E-state index is 0.718. The van der Waals surface area contributed by atoms with Crippen LogP contribution >= 0.6 is 0 Å². The summed E-state index contributed by atoms with van der Waals surface area (Å²) in [6.07, 6.45) is 3.66. The Bertz CT molecular complexity index is 1540. The second-order valence-electron chi connectivity index (χ2n) is 7.71. The standard InChI is InChI=1S/C24H19N7/c1-16-3-2-4-17(11-16)15-30-23(9-10-26-30)18-6-8-21-24(12-18)31(29-28-21)20-7-5-19-14-25-27-22(19)13-20/h2-14H,15H2,1H3,(H,25,27). The van der Waals surface area contributed by atoms with Crippen LogP contribution in [0.25, 0.3) is 38.9 Å². The van der Waals surface area contributed by atoms with Gasteiger partial charge < -0.3 is 0 Å². The van der Waals surface area contributed by atoms with E-state index in [0.717, 1.165) is 45.4 Å². The van der Waals surface area contributed by atoms with E-state index < -0.39 is 0 Å². The molecule has 0 spiro atoms. The molecule has 3 aromatic carbocycles. The molecule has 150 valence electrons. The number of nitrogens with one attached hydrogen (secondary N) is 1. The lowest BCUT2D eigenvalue weighted by Gasteiger charge is -2.09. The summed E-state index contributed by atoms with van der Waals surface area (Å²) in [4.78, 5) is 0. The smallest absolute Gasteiger partial charge is 0.113 e. The quantitative estimate of drug-likeness (QED) is 0.468. The molecule has 0 atom stereocenters. The Labute approximate surface area is 177 Å². The van der Waals surface area contributed by atoms with Crippen molar-refractivity contribution < 1.29 is 0 Å². The van der Waals surface area contributed by atoms with Crippen molar-refractivity contribution in [1.29, 1.82) is 0 Å². The fraction of sp³-hybridized carbons (Fsp3) is 0.0833. The molecule has 7 heteroatoms. The number of aromatic amines is 1. The summed E-state index contributed by atoms with van der Waals surface area (Å²) in [5.74, 6) is 0. The summed E-state index contributed by atoms with van der Waals surface area (Å²) in [5, 5.41) is 21.5. The van der Waals surface area contributed by atoms with E-state index in [1.165, 1.54) is 11.1 Å². The number of hydrogen-bond donors (Lipinski definition) is 1. The van der Waals surface area contributed by atoms with Crippen LogP contribution in [0.5, 0.6) is 0 Å². The predicted octanol–water partition coefficient (Wildman–Crippen LogP) is 4.52. The molecule has 0 fully saturated rings. The van der Waals surface area contributed by atoms with E-state index in [1.54, 1.807) is 0 Å². The van der Waals surface area contributed by atoms with Crippen LogP contribution in [0.4, 0.5) is 0 Å². The first-order chi connectivity index (χ1) is 15.2. The third-order valence-corrected chi connectivity index (χ3v) is 5.54. The van der Waals surface area contributed by atoms with Crippen molar-refractivity contribution in [2.24, 2.45) is 0 Å². The minimum atomic E-state index is 0.718. The summed E-state index contributed by atoms with van der Waals surface area (Å²) in [7, 11) is 0. The van der Waals surface area contributed by atoms with Crippen LogP contribution in [0, 0.1) is 6.92 Å². The highest BCUT2D eigenvalue weighted by molar-refractivity contribution is 5.84. The third kappa shape index (κ3) is 3.07. The number of H-pyrrole nitrogens is 1. The molecule has 7 nitrogen and oxygen atoms in total. The topological polar surface area (TPSA) is 77.2 Å². The van der Waals surface area contributed by atoms with E-state index >= 15 is 0 Å². The molecule has 0 amide bonds. The summed E-state index contributed by atoms with van der Waals surface area (Å²) in [6, 6.07) is 22.9. The number of aromatic nitrogens is 7. The highest BCUT2D eigenvalue weighted by Crippen LogP contribution is 2.26. The zero-order valence-corrected chi connectivity index (χ0v) is 16.9. The van der Waals surface area contributed by atoms with Crippen LogP contribution in [0.3, 0.4) is 0 Å². The van der Waals surface area contributed by atoms with Crippen LogP contribution in [0.1, 0.15) is 11.1 Å². The van der Waals surface area contributed by atoms with Crippen LogP contribution in [-0.2, 0) is 6.54 Å². The van der Waals surface area contributed by atoms with Gasteiger partial charge in [-0.1, -0.05) is 41.1 Å². The Kier molecular flexibility index (Phi) is 3.92. The third-order valence-electron chi connectivity index (χ3n) is 5.54. The van der Waals surface area contributed by atoms with Gasteiger partial charge in [-0.25, -0.2) is 4.68 Å². The van der Waals surface area contributed by atoms with Gasteiger partial charge in [-0.05, 0) is 48.9 Å². The number of benzene rings is 3. The van der Waals surface area contributed by atoms with E-state index in [9.17, 15) is 0 Å². The van der Waals surface area contributed by atoms with Crippen LogP contribution in [0.15, 0.2) is 79.1 Å². The molecule has 0 saturated carbocycles. The van der Waals surface area contributed by atoms with Crippen molar-refractivity contribution >= 4 is 21.9 Å². The van der Waals surface area contributed by atoms with Gasteiger partial charge in [-0.15, -0.1) is 5.10 Å². The Morgan fingerprint density at radius 3 is 2.87 bits per heavy atom. The molecule has 6 aromatic rings.